The molecule has 0 saturated carbocycles. The molecule has 1 fully saturated rings. The Kier molecular flexibility index (Phi) is 4.94. The molecule has 4 rings (SSSR count). The van der Waals surface area contributed by atoms with Crippen molar-refractivity contribution in [3.05, 3.63) is 29.6 Å². The zero-order chi connectivity index (χ0) is 20.9. The Balaban J connectivity index is 1.72. The molecular weight excluding hydrogens is 392 g/mol. The summed E-state index contributed by atoms with van der Waals surface area (Å²) in [5.74, 6) is 1.42. The van der Waals surface area contributed by atoms with Gasteiger partial charge in [-0.05, 0) is 25.7 Å². The quantitative estimate of drug-likeness (QED) is 0.731. The fourth-order valence-corrected chi connectivity index (χ4v) is 5.65. The van der Waals surface area contributed by atoms with Gasteiger partial charge in [0.1, 0.15) is 11.6 Å². The van der Waals surface area contributed by atoms with Gasteiger partial charge in [-0.1, -0.05) is 13.8 Å². The molecular formula is C19H26N6O3S. The molecule has 2 aliphatic heterocycles. The molecule has 1 amide bonds. The van der Waals surface area contributed by atoms with Gasteiger partial charge in [-0.3, -0.25) is 9.69 Å². The molecule has 0 aromatic carbocycles. The van der Waals surface area contributed by atoms with E-state index in [-0.39, 0.29) is 10.9 Å². The van der Waals surface area contributed by atoms with E-state index in [2.05, 4.69) is 23.8 Å². The number of sulfonamides is 1. The second kappa shape index (κ2) is 7.17. The molecule has 9 nitrogen and oxygen atoms in total. The van der Waals surface area contributed by atoms with Crippen molar-refractivity contribution >= 4 is 21.7 Å². The first kappa shape index (κ1) is 20.0. The molecule has 2 aromatic rings. The van der Waals surface area contributed by atoms with Crippen molar-refractivity contribution in [2.45, 2.75) is 51.1 Å². The molecule has 29 heavy (non-hydrogen) atoms. The Labute approximate surface area is 170 Å². The second-order valence-corrected chi connectivity index (χ2v) is 10.0. The predicted octanol–water partition coefficient (Wildman–Crippen LogP) is 1.59. The normalized spacial score (nSPS) is 20.1. The SMILES string of the molecule is Cc1nc([C@H]2CCCN2S(=O)(=O)c2cn(C)cn2)nc2c1CC(=O)N2CC(C)C. The Morgan fingerprint density at radius 1 is 1.28 bits per heavy atom. The van der Waals surface area contributed by atoms with Crippen LogP contribution in [-0.2, 0) is 28.3 Å². The number of fused-ring (bicyclic) bond motifs is 1. The van der Waals surface area contributed by atoms with Crippen molar-refractivity contribution in [3.8, 4) is 0 Å². The number of hydrogen-bond acceptors (Lipinski definition) is 6. The second-order valence-electron chi connectivity index (χ2n) is 8.20. The number of rotatable bonds is 5. The van der Waals surface area contributed by atoms with Gasteiger partial charge in [0.25, 0.3) is 10.0 Å². The number of hydrogen-bond donors (Lipinski definition) is 0. The van der Waals surface area contributed by atoms with Gasteiger partial charge in [0.05, 0.1) is 18.8 Å². The van der Waals surface area contributed by atoms with E-state index in [0.717, 1.165) is 17.7 Å². The van der Waals surface area contributed by atoms with Gasteiger partial charge in [-0.2, -0.15) is 4.31 Å². The molecule has 0 spiro atoms. The fourth-order valence-electron chi connectivity index (χ4n) is 4.03. The van der Waals surface area contributed by atoms with Gasteiger partial charge in [0.2, 0.25) is 5.91 Å². The van der Waals surface area contributed by atoms with Crippen LogP contribution >= 0.6 is 0 Å². The Morgan fingerprint density at radius 2 is 2.03 bits per heavy atom. The first-order valence-electron chi connectivity index (χ1n) is 9.86. The van der Waals surface area contributed by atoms with Gasteiger partial charge >= 0.3 is 0 Å². The lowest BCUT2D eigenvalue weighted by Gasteiger charge is -2.24. The number of aryl methyl sites for hydroxylation is 2. The number of carbonyl (C=O) groups is 1. The minimum Gasteiger partial charge on any atom is -0.339 e. The number of anilines is 1. The van der Waals surface area contributed by atoms with E-state index in [4.69, 9.17) is 4.98 Å². The molecule has 0 bridgehead atoms. The van der Waals surface area contributed by atoms with E-state index in [0.29, 0.717) is 43.5 Å². The van der Waals surface area contributed by atoms with E-state index >= 15 is 0 Å². The standard InChI is InChI=1S/C19H26N6O3S/c1-12(2)9-24-17(26)8-14-13(3)21-18(22-19(14)24)15-6-5-7-25(15)29(27,28)16-10-23(4)11-20-16/h10-12,15H,5-9H2,1-4H3/t15-/m1/s1. The van der Waals surface area contributed by atoms with Crippen LogP contribution in [0.2, 0.25) is 0 Å². The minimum atomic E-state index is -3.74. The zero-order valence-electron chi connectivity index (χ0n) is 17.2. The number of imidazole rings is 1. The van der Waals surface area contributed by atoms with Crippen molar-refractivity contribution in [2.75, 3.05) is 18.0 Å². The summed E-state index contributed by atoms with van der Waals surface area (Å²) in [5, 5.41) is 0.0291. The largest absolute Gasteiger partial charge is 0.339 e. The van der Waals surface area contributed by atoms with Crippen LogP contribution in [0.4, 0.5) is 5.82 Å². The summed E-state index contributed by atoms with van der Waals surface area (Å²) >= 11 is 0. The van der Waals surface area contributed by atoms with Crippen LogP contribution in [-0.4, -0.2) is 51.2 Å². The molecule has 2 aliphatic rings. The first-order valence-corrected chi connectivity index (χ1v) is 11.3. The average Bonchev–Trinajstić information content (AvgIpc) is 3.35. The Morgan fingerprint density at radius 3 is 2.69 bits per heavy atom. The molecule has 1 saturated heterocycles. The van der Waals surface area contributed by atoms with Crippen LogP contribution in [0, 0.1) is 12.8 Å². The highest BCUT2D eigenvalue weighted by atomic mass is 32.2. The molecule has 0 N–H and O–H groups in total. The van der Waals surface area contributed by atoms with E-state index < -0.39 is 16.1 Å². The fraction of sp³-hybridized carbons (Fsp3) is 0.579. The van der Waals surface area contributed by atoms with Crippen LogP contribution in [0.25, 0.3) is 0 Å². The highest BCUT2D eigenvalue weighted by Crippen LogP contribution is 2.37. The smallest absolute Gasteiger partial charge is 0.262 e. The van der Waals surface area contributed by atoms with Gasteiger partial charge < -0.3 is 4.57 Å². The maximum Gasteiger partial charge on any atom is 0.262 e. The third-order valence-electron chi connectivity index (χ3n) is 5.40. The van der Waals surface area contributed by atoms with Crippen LogP contribution in [0.15, 0.2) is 17.6 Å². The van der Waals surface area contributed by atoms with Crippen molar-refractivity contribution in [2.24, 2.45) is 13.0 Å². The molecule has 0 aliphatic carbocycles. The van der Waals surface area contributed by atoms with Crippen molar-refractivity contribution in [3.63, 3.8) is 0 Å². The van der Waals surface area contributed by atoms with Gasteiger partial charge in [0.15, 0.2) is 5.03 Å². The molecule has 0 radical (unpaired) electrons. The summed E-state index contributed by atoms with van der Waals surface area (Å²) in [5.41, 5.74) is 1.59. The molecule has 0 unspecified atom stereocenters. The molecule has 4 heterocycles. The summed E-state index contributed by atoms with van der Waals surface area (Å²) in [4.78, 5) is 27.6. The first-order chi connectivity index (χ1) is 13.7. The number of carbonyl (C=O) groups excluding carboxylic acids is 1. The topological polar surface area (TPSA) is 101 Å². The van der Waals surface area contributed by atoms with Crippen LogP contribution in [0.1, 0.15) is 49.8 Å². The highest BCUT2D eigenvalue weighted by molar-refractivity contribution is 7.89. The third kappa shape index (κ3) is 3.44. The van der Waals surface area contributed by atoms with Crippen LogP contribution in [0.5, 0.6) is 0 Å². The molecule has 2 aromatic heterocycles. The molecule has 1 atom stereocenters. The number of aromatic nitrogens is 4. The summed E-state index contributed by atoms with van der Waals surface area (Å²) in [6.45, 7) is 6.96. The maximum absolute atomic E-state index is 13.1. The van der Waals surface area contributed by atoms with Crippen LogP contribution < -0.4 is 4.90 Å². The zero-order valence-corrected chi connectivity index (χ0v) is 18.0. The monoisotopic (exact) mass is 418 g/mol. The van der Waals surface area contributed by atoms with E-state index in [9.17, 15) is 13.2 Å². The van der Waals surface area contributed by atoms with Gasteiger partial charge in [-0.25, -0.2) is 23.4 Å². The predicted molar refractivity (Wildman–Crippen MR) is 107 cm³/mol. The average molecular weight is 419 g/mol. The molecule has 10 heteroatoms. The van der Waals surface area contributed by atoms with E-state index in [1.807, 2.05) is 6.92 Å². The van der Waals surface area contributed by atoms with E-state index in [1.165, 1.54) is 16.8 Å². The van der Waals surface area contributed by atoms with Crippen molar-refractivity contribution in [1.29, 1.82) is 0 Å². The molecule has 156 valence electrons. The Bertz CT molecular complexity index is 1060. The minimum absolute atomic E-state index is 0.0210. The summed E-state index contributed by atoms with van der Waals surface area (Å²) < 4.78 is 29.3. The van der Waals surface area contributed by atoms with Crippen LogP contribution in [0.3, 0.4) is 0 Å². The highest BCUT2D eigenvalue weighted by Gasteiger charge is 2.40. The van der Waals surface area contributed by atoms with Crippen molar-refractivity contribution in [1.82, 2.24) is 23.8 Å². The lowest BCUT2D eigenvalue weighted by atomic mass is 10.1. The van der Waals surface area contributed by atoms with E-state index in [1.54, 1.807) is 16.5 Å². The number of nitrogens with zero attached hydrogens (tertiary/aromatic N) is 6. The lowest BCUT2D eigenvalue weighted by molar-refractivity contribution is -0.117. The summed E-state index contributed by atoms with van der Waals surface area (Å²) in [7, 11) is -2.01. The third-order valence-corrected chi connectivity index (χ3v) is 7.19. The number of amides is 1. The summed E-state index contributed by atoms with van der Waals surface area (Å²) in [6.07, 6.45) is 4.65. The Hall–Kier alpha value is -2.33. The van der Waals surface area contributed by atoms with Crippen molar-refractivity contribution < 1.29 is 13.2 Å². The maximum atomic E-state index is 13.1. The van der Waals surface area contributed by atoms with Gasteiger partial charge in [-0.15, -0.1) is 0 Å². The van der Waals surface area contributed by atoms with Gasteiger partial charge in [0, 0.05) is 37.6 Å². The summed E-state index contributed by atoms with van der Waals surface area (Å²) in [6, 6.07) is -0.456. The lowest BCUT2D eigenvalue weighted by Crippen LogP contribution is -2.33.